The van der Waals surface area contributed by atoms with E-state index in [1.807, 2.05) is 24.3 Å². The number of halogens is 3. The highest BCUT2D eigenvalue weighted by molar-refractivity contribution is 7.89. The Bertz CT molecular complexity index is 2050. The Morgan fingerprint density at radius 2 is 1.74 bits per heavy atom. The van der Waals surface area contributed by atoms with Gasteiger partial charge in [0.25, 0.3) is 15.6 Å². The Kier molecular flexibility index (Phi) is 8.01. The van der Waals surface area contributed by atoms with Crippen molar-refractivity contribution in [1.82, 2.24) is 8.87 Å². The van der Waals surface area contributed by atoms with Crippen LogP contribution in [0.25, 0.3) is 21.9 Å². The topological polar surface area (TPSA) is 117 Å². The van der Waals surface area contributed by atoms with Crippen molar-refractivity contribution >= 4 is 38.4 Å². The summed E-state index contributed by atoms with van der Waals surface area (Å²) in [5, 5.41) is 11.2. The number of pyridine rings is 1. The van der Waals surface area contributed by atoms with Crippen molar-refractivity contribution < 1.29 is 36.3 Å². The molecule has 3 aromatic carbocycles. The van der Waals surface area contributed by atoms with Gasteiger partial charge in [-0.05, 0) is 52.4 Å². The molecule has 0 spiro atoms. The van der Waals surface area contributed by atoms with Crippen LogP contribution in [-0.2, 0) is 32.2 Å². The number of sulfonamides is 1. The zero-order valence-electron chi connectivity index (χ0n) is 24.8. The molecule has 9 nitrogen and oxygen atoms in total. The molecule has 1 fully saturated rings. The summed E-state index contributed by atoms with van der Waals surface area (Å²) in [6.45, 7) is 1.17. The average molecular weight is 654 g/mol. The van der Waals surface area contributed by atoms with Gasteiger partial charge in [0.1, 0.15) is 11.7 Å². The molecule has 1 N–H and O–H groups in total. The molecule has 2 aliphatic heterocycles. The highest BCUT2D eigenvalue weighted by atomic mass is 32.2. The molecular formula is C33H30F3N3O6S. The van der Waals surface area contributed by atoms with E-state index in [2.05, 4.69) is 0 Å². The zero-order chi connectivity index (χ0) is 33.0. The summed E-state index contributed by atoms with van der Waals surface area (Å²) in [5.41, 5.74) is -2.02. The Morgan fingerprint density at radius 3 is 2.41 bits per heavy atom. The standard InChI is InChI=1S/C33H30F3N3O6S/c1-2-15-37-19-26(32(42)43)39-30(41)29(38-16-7-14-27(38)40)25(18-21-10-5-9-20-8-3-4-13-24(20)21)28(31(39)46(37,44)45)22-11-6-12-23(17-22)33(34,35)36/h3-6,8-13,17,26H,2,7,14-16,18-19H2,1H3,(H,42,43). The van der Waals surface area contributed by atoms with Crippen molar-refractivity contribution in [2.45, 2.75) is 49.9 Å². The maximum atomic E-state index is 14.5. The van der Waals surface area contributed by atoms with Crippen LogP contribution < -0.4 is 10.5 Å². The molecule has 1 aromatic heterocycles. The molecule has 13 heteroatoms. The molecule has 4 aromatic rings. The van der Waals surface area contributed by atoms with E-state index in [1.54, 1.807) is 25.1 Å². The van der Waals surface area contributed by atoms with Crippen LogP contribution in [0.2, 0.25) is 0 Å². The number of rotatable bonds is 7. The van der Waals surface area contributed by atoms with E-state index in [4.69, 9.17) is 0 Å². The second-order valence-corrected chi connectivity index (χ2v) is 13.3. The third-order valence-electron chi connectivity index (χ3n) is 8.54. The molecule has 3 heterocycles. The fourth-order valence-corrected chi connectivity index (χ4v) is 8.47. The van der Waals surface area contributed by atoms with Crippen LogP contribution in [0.3, 0.4) is 0 Å². The van der Waals surface area contributed by atoms with Gasteiger partial charge < -0.3 is 10.0 Å². The highest BCUT2D eigenvalue weighted by Crippen LogP contribution is 2.43. The lowest BCUT2D eigenvalue weighted by atomic mass is 9.91. The molecule has 1 unspecified atom stereocenters. The van der Waals surface area contributed by atoms with E-state index in [0.717, 1.165) is 33.3 Å². The summed E-state index contributed by atoms with van der Waals surface area (Å²) in [4.78, 5) is 41.6. The largest absolute Gasteiger partial charge is 0.480 e. The molecular weight excluding hydrogens is 623 g/mol. The molecule has 2 aliphatic rings. The van der Waals surface area contributed by atoms with E-state index >= 15 is 0 Å². The van der Waals surface area contributed by atoms with Gasteiger partial charge in [0.15, 0.2) is 5.03 Å². The minimum absolute atomic E-state index is 0.0354. The Morgan fingerprint density at radius 1 is 1.02 bits per heavy atom. The van der Waals surface area contributed by atoms with Gasteiger partial charge in [-0.2, -0.15) is 17.5 Å². The summed E-state index contributed by atoms with van der Waals surface area (Å²) >= 11 is 0. The number of fused-ring (bicyclic) bond motifs is 2. The first kappa shape index (κ1) is 31.5. The van der Waals surface area contributed by atoms with Crippen molar-refractivity contribution in [2.75, 3.05) is 24.5 Å². The van der Waals surface area contributed by atoms with Gasteiger partial charge in [-0.15, -0.1) is 0 Å². The molecule has 240 valence electrons. The summed E-state index contributed by atoms with van der Waals surface area (Å²) < 4.78 is 72.5. The number of aliphatic carboxylic acids is 1. The normalized spacial score (nSPS) is 18.2. The number of anilines is 1. The second-order valence-electron chi connectivity index (χ2n) is 11.4. The van der Waals surface area contributed by atoms with Gasteiger partial charge in [0.05, 0.1) is 5.56 Å². The molecule has 0 radical (unpaired) electrons. The van der Waals surface area contributed by atoms with Gasteiger partial charge in [-0.3, -0.25) is 14.2 Å². The van der Waals surface area contributed by atoms with Crippen LogP contribution in [0.1, 0.15) is 48.9 Å². The van der Waals surface area contributed by atoms with Crippen LogP contribution in [0.15, 0.2) is 76.6 Å². The smallest absolute Gasteiger partial charge is 0.416 e. The molecule has 0 aliphatic carbocycles. The van der Waals surface area contributed by atoms with Crippen molar-refractivity contribution in [3.8, 4) is 11.1 Å². The number of amides is 1. The van der Waals surface area contributed by atoms with Crippen molar-refractivity contribution in [3.05, 3.63) is 93.8 Å². The minimum atomic E-state index is -4.79. The molecule has 6 rings (SSSR count). The molecule has 46 heavy (non-hydrogen) atoms. The van der Waals surface area contributed by atoms with Crippen LogP contribution in [0.4, 0.5) is 18.9 Å². The van der Waals surface area contributed by atoms with Gasteiger partial charge in [-0.25, -0.2) is 13.2 Å². The van der Waals surface area contributed by atoms with Crippen LogP contribution in [0.5, 0.6) is 0 Å². The number of hydrogen-bond acceptors (Lipinski definition) is 5. The number of nitrogens with zero attached hydrogens (tertiary/aromatic N) is 3. The summed E-state index contributed by atoms with van der Waals surface area (Å²) in [6, 6.07) is 15.1. The average Bonchev–Trinajstić information content (AvgIpc) is 3.43. The minimum Gasteiger partial charge on any atom is -0.480 e. The van der Waals surface area contributed by atoms with E-state index in [1.165, 1.54) is 11.0 Å². The van der Waals surface area contributed by atoms with Gasteiger partial charge in [-0.1, -0.05) is 61.5 Å². The first-order valence-corrected chi connectivity index (χ1v) is 16.3. The first-order valence-electron chi connectivity index (χ1n) is 14.8. The number of carbonyl (C=O) groups is 2. The lowest BCUT2D eigenvalue weighted by molar-refractivity contribution is -0.141. The first-order chi connectivity index (χ1) is 21.8. The summed E-state index contributed by atoms with van der Waals surface area (Å²) in [5.74, 6) is -1.92. The fraction of sp³-hybridized carbons (Fsp3) is 0.303. The third-order valence-corrected chi connectivity index (χ3v) is 10.4. The molecule has 1 amide bonds. The highest BCUT2D eigenvalue weighted by Gasteiger charge is 2.45. The number of carboxylic acids is 1. The number of carbonyl (C=O) groups excluding carboxylic acids is 1. The number of hydrogen-bond donors (Lipinski definition) is 1. The number of alkyl halides is 3. The monoisotopic (exact) mass is 653 g/mol. The maximum Gasteiger partial charge on any atom is 0.416 e. The van der Waals surface area contributed by atoms with E-state index in [0.29, 0.717) is 23.0 Å². The third kappa shape index (κ3) is 5.26. The predicted molar refractivity (Wildman–Crippen MR) is 165 cm³/mol. The lowest BCUT2D eigenvalue weighted by Crippen LogP contribution is -2.51. The van der Waals surface area contributed by atoms with E-state index in [9.17, 15) is 41.1 Å². The van der Waals surface area contributed by atoms with Gasteiger partial charge >= 0.3 is 12.1 Å². The Hall–Kier alpha value is -4.49. The van der Waals surface area contributed by atoms with Crippen molar-refractivity contribution in [1.29, 1.82) is 0 Å². The summed E-state index contributed by atoms with van der Waals surface area (Å²) in [7, 11) is -4.62. The predicted octanol–water partition coefficient (Wildman–Crippen LogP) is 5.44. The van der Waals surface area contributed by atoms with Crippen LogP contribution in [-0.4, -0.2) is 53.9 Å². The quantitative estimate of drug-likeness (QED) is 0.284. The SMILES string of the molecule is CCCN1CC(C(=O)O)n2c(c(-c3cccc(C(F)(F)F)c3)c(Cc3cccc4ccccc34)c(N3CCCC3=O)c2=O)S1(=O)=O. The second kappa shape index (κ2) is 11.7. The molecule has 1 atom stereocenters. The van der Waals surface area contributed by atoms with Crippen LogP contribution in [0, 0.1) is 0 Å². The van der Waals surface area contributed by atoms with E-state index in [-0.39, 0.29) is 48.3 Å². The molecule has 0 saturated carbocycles. The molecule has 1 saturated heterocycles. The van der Waals surface area contributed by atoms with Crippen molar-refractivity contribution in [3.63, 3.8) is 0 Å². The van der Waals surface area contributed by atoms with Crippen molar-refractivity contribution in [2.24, 2.45) is 0 Å². The number of benzene rings is 3. The Labute approximate surface area is 262 Å². The number of aromatic nitrogens is 1. The summed E-state index contributed by atoms with van der Waals surface area (Å²) in [6.07, 6.45) is -4.12. The lowest BCUT2D eigenvalue weighted by Gasteiger charge is -2.36. The number of carboxylic acid groups (broad SMARTS) is 1. The van der Waals surface area contributed by atoms with Gasteiger partial charge in [0.2, 0.25) is 5.91 Å². The van der Waals surface area contributed by atoms with E-state index < -0.39 is 56.8 Å². The maximum absolute atomic E-state index is 14.5. The zero-order valence-corrected chi connectivity index (χ0v) is 25.6. The molecule has 0 bridgehead atoms. The van der Waals surface area contributed by atoms with Gasteiger partial charge in [0, 0.05) is 38.0 Å². The van der Waals surface area contributed by atoms with Crippen LogP contribution >= 0.6 is 0 Å². The fourth-order valence-electron chi connectivity index (χ4n) is 6.50. The Balaban J connectivity index is 1.81.